The van der Waals surface area contributed by atoms with Crippen LogP contribution in [-0.4, -0.2) is 38.6 Å². The zero-order valence-electron chi connectivity index (χ0n) is 11.3. The van der Waals surface area contributed by atoms with E-state index in [2.05, 4.69) is 29.0 Å². The SMILES string of the molecule is CCCc1nc(C(=O)N2CCCCCC2C)n[nH]1. The number of nitrogens with one attached hydrogen (secondary N) is 1. The molecule has 1 aliphatic heterocycles. The maximum Gasteiger partial charge on any atom is 0.293 e. The number of hydrogen-bond acceptors (Lipinski definition) is 3. The van der Waals surface area contributed by atoms with E-state index in [1.54, 1.807) is 0 Å². The van der Waals surface area contributed by atoms with Gasteiger partial charge in [0.15, 0.2) is 0 Å². The van der Waals surface area contributed by atoms with Crippen LogP contribution in [0.15, 0.2) is 0 Å². The molecule has 1 fully saturated rings. The minimum atomic E-state index is -0.0250. The van der Waals surface area contributed by atoms with Crippen LogP contribution >= 0.6 is 0 Å². The largest absolute Gasteiger partial charge is 0.333 e. The Morgan fingerprint density at radius 1 is 1.44 bits per heavy atom. The molecular formula is C13H22N4O. The fourth-order valence-electron chi connectivity index (χ4n) is 2.44. The highest BCUT2D eigenvalue weighted by molar-refractivity contribution is 5.90. The molecule has 1 aromatic rings. The van der Waals surface area contributed by atoms with E-state index in [4.69, 9.17) is 0 Å². The summed E-state index contributed by atoms with van der Waals surface area (Å²) in [6, 6.07) is 0.299. The number of aryl methyl sites for hydroxylation is 1. The predicted molar refractivity (Wildman–Crippen MR) is 69.3 cm³/mol. The van der Waals surface area contributed by atoms with Crippen LogP contribution < -0.4 is 0 Å². The van der Waals surface area contributed by atoms with Gasteiger partial charge in [-0.25, -0.2) is 4.98 Å². The summed E-state index contributed by atoms with van der Waals surface area (Å²) < 4.78 is 0. The average Bonchev–Trinajstić information content (AvgIpc) is 2.71. The summed E-state index contributed by atoms with van der Waals surface area (Å²) in [6.45, 7) is 5.03. The molecule has 0 bridgehead atoms. The van der Waals surface area contributed by atoms with Crippen LogP contribution in [0.5, 0.6) is 0 Å². The topological polar surface area (TPSA) is 61.9 Å². The summed E-state index contributed by atoms with van der Waals surface area (Å²) in [5, 5.41) is 6.90. The first-order valence-corrected chi connectivity index (χ1v) is 6.94. The maximum atomic E-state index is 12.4. The number of H-pyrrole nitrogens is 1. The van der Waals surface area contributed by atoms with Gasteiger partial charge in [0.2, 0.25) is 5.82 Å². The van der Waals surface area contributed by atoms with E-state index in [0.717, 1.165) is 38.1 Å². The van der Waals surface area contributed by atoms with Crippen LogP contribution in [0.3, 0.4) is 0 Å². The summed E-state index contributed by atoms with van der Waals surface area (Å²) in [7, 11) is 0. The van der Waals surface area contributed by atoms with E-state index in [1.165, 1.54) is 12.8 Å². The Labute approximate surface area is 108 Å². The molecular weight excluding hydrogens is 228 g/mol. The first-order chi connectivity index (χ1) is 8.72. The third-order valence-electron chi connectivity index (χ3n) is 3.52. The normalized spacial score (nSPS) is 20.8. The first-order valence-electron chi connectivity index (χ1n) is 6.94. The Hall–Kier alpha value is -1.39. The summed E-state index contributed by atoms with van der Waals surface area (Å²) in [5.41, 5.74) is 0. The molecule has 1 amide bonds. The molecule has 2 rings (SSSR count). The van der Waals surface area contributed by atoms with Crippen molar-refractivity contribution in [3.8, 4) is 0 Å². The van der Waals surface area contributed by atoms with Gasteiger partial charge in [0.25, 0.3) is 5.91 Å². The third kappa shape index (κ3) is 2.89. The summed E-state index contributed by atoms with van der Waals surface area (Å²) in [5.74, 6) is 1.11. The van der Waals surface area contributed by atoms with Crippen molar-refractivity contribution in [3.05, 3.63) is 11.6 Å². The molecule has 1 N–H and O–H groups in total. The van der Waals surface area contributed by atoms with Crippen LogP contribution in [0, 0.1) is 0 Å². The number of nitrogens with zero attached hydrogens (tertiary/aromatic N) is 3. The van der Waals surface area contributed by atoms with E-state index < -0.39 is 0 Å². The number of rotatable bonds is 3. The van der Waals surface area contributed by atoms with Crippen molar-refractivity contribution in [1.29, 1.82) is 0 Å². The van der Waals surface area contributed by atoms with E-state index >= 15 is 0 Å². The molecule has 0 aliphatic carbocycles. The zero-order valence-corrected chi connectivity index (χ0v) is 11.3. The van der Waals surface area contributed by atoms with Crippen molar-refractivity contribution in [2.24, 2.45) is 0 Å². The molecule has 1 unspecified atom stereocenters. The standard InChI is InChI=1S/C13H22N4O/c1-3-7-11-14-12(16-15-11)13(18)17-9-6-4-5-8-10(17)2/h10H,3-9H2,1-2H3,(H,14,15,16). The number of likely N-dealkylation sites (tertiary alicyclic amines) is 1. The number of carbonyl (C=O) groups excluding carboxylic acids is 1. The highest BCUT2D eigenvalue weighted by Gasteiger charge is 2.25. The van der Waals surface area contributed by atoms with Gasteiger partial charge in [0.05, 0.1) is 0 Å². The quantitative estimate of drug-likeness (QED) is 0.894. The Balaban J connectivity index is 2.08. The summed E-state index contributed by atoms with van der Waals surface area (Å²) >= 11 is 0. The molecule has 1 atom stereocenters. The van der Waals surface area contributed by atoms with E-state index in [-0.39, 0.29) is 5.91 Å². The molecule has 1 aliphatic rings. The van der Waals surface area contributed by atoms with Crippen LogP contribution in [0.4, 0.5) is 0 Å². The highest BCUT2D eigenvalue weighted by atomic mass is 16.2. The molecule has 1 saturated heterocycles. The summed E-state index contributed by atoms with van der Waals surface area (Å²) in [6.07, 6.45) is 6.43. The average molecular weight is 250 g/mol. The van der Waals surface area contributed by atoms with Crippen molar-refractivity contribution in [2.75, 3.05) is 6.54 Å². The fourth-order valence-corrected chi connectivity index (χ4v) is 2.44. The minimum Gasteiger partial charge on any atom is -0.333 e. The number of hydrogen-bond donors (Lipinski definition) is 1. The molecule has 0 spiro atoms. The van der Waals surface area contributed by atoms with Crippen LogP contribution in [0.2, 0.25) is 0 Å². The highest BCUT2D eigenvalue weighted by Crippen LogP contribution is 2.17. The first kappa shape index (κ1) is 13.1. The van der Waals surface area contributed by atoms with Crippen molar-refractivity contribution in [3.63, 3.8) is 0 Å². The van der Waals surface area contributed by atoms with Gasteiger partial charge in [-0.2, -0.15) is 0 Å². The van der Waals surface area contributed by atoms with E-state index in [0.29, 0.717) is 11.9 Å². The Kier molecular flexibility index (Phi) is 4.33. The lowest BCUT2D eigenvalue weighted by molar-refractivity contribution is 0.0685. The van der Waals surface area contributed by atoms with Crippen LogP contribution in [0.25, 0.3) is 0 Å². The Morgan fingerprint density at radius 2 is 2.28 bits per heavy atom. The number of aromatic nitrogens is 3. The van der Waals surface area contributed by atoms with Gasteiger partial charge in [-0.1, -0.05) is 19.8 Å². The Bertz CT molecular complexity index is 401. The molecule has 100 valence electrons. The molecule has 0 radical (unpaired) electrons. The lowest BCUT2D eigenvalue weighted by Crippen LogP contribution is -2.38. The molecule has 2 heterocycles. The van der Waals surface area contributed by atoms with Gasteiger partial charge < -0.3 is 4.90 Å². The van der Waals surface area contributed by atoms with Crippen molar-refractivity contribution >= 4 is 5.91 Å². The second-order valence-electron chi connectivity index (χ2n) is 5.05. The molecule has 0 aromatic carbocycles. The monoisotopic (exact) mass is 250 g/mol. The molecule has 5 nitrogen and oxygen atoms in total. The third-order valence-corrected chi connectivity index (χ3v) is 3.52. The summed E-state index contributed by atoms with van der Waals surface area (Å²) in [4.78, 5) is 18.6. The lowest BCUT2D eigenvalue weighted by Gasteiger charge is -2.25. The lowest BCUT2D eigenvalue weighted by atomic mass is 10.1. The van der Waals surface area contributed by atoms with Gasteiger partial charge in [0, 0.05) is 19.0 Å². The van der Waals surface area contributed by atoms with Gasteiger partial charge >= 0.3 is 0 Å². The smallest absolute Gasteiger partial charge is 0.293 e. The number of aromatic amines is 1. The van der Waals surface area contributed by atoms with Crippen molar-refractivity contribution < 1.29 is 4.79 Å². The molecule has 1 aromatic heterocycles. The van der Waals surface area contributed by atoms with Gasteiger partial charge in [-0.05, 0) is 26.2 Å². The zero-order chi connectivity index (χ0) is 13.0. The Morgan fingerprint density at radius 3 is 3.06 bits per heavy atom. The van der Waals surface area contributed by atoms with Gasteiger partial charge in [-0.15, -0.1) is 5.10 Å². The maximum absolute atomic E-state index is 12.4. The number of amides is 1. The molecule has 0 saturated carbocycles. The van der Waals surface area contributed by atoms with Crippen molar-refractivity contribution in [2.45, 2.75) is 58.4 Å². The molecule has 18 heavy (non-hydrogen) atoms. The van der Waals surface area contributed by atoms with Crippen LogP contribution in [0.1, 0.15) is 62.4 Å². The van der Waals surface area contributed by atoms with Crippen LogP contribution in [-0.2, 0) is 6.42 Å². The number of carbonyl (C=O) groups is 1. The van der Waals surface area contributed by atoms with Gasteiger partial charge in [0.1, 0.15) is 5.82 Å². The van der Waals surface area contributed by atoms with E-state index in [1.807, 2.05) is 4.90 Å². The predicted octanol–water partition coefficient (Wildman–Crippen LogP) is 2.16. The minimum absolute atomic E-state index is 0.0250. The van der Waals surface area contributed by atoms with E-state index in [9.17, 15) is 4.79 Å². The molecule has 5 heteroatoms. The van der Waals surface area contributed by atoms with Gasteiger partial charge in [-0.3, -0.25) is 9.89 Å². The second-order valence-corrected chi connectivity index (χ2v) is 5.05. The second kappa shape index (κ2) is 5.98. The van der Waals surface area contributed by atoms with Crippen molar-refractivity contribution in [1.82, 2.24) is 20.1 Å². The fraction of sp³-hybridized carbons (Fsp3) is 0.769.